The molecule has 0 fully saturated rings. The number of carbonyl (C=O) groups excluding carboxylic acids is 1. The highest BCUT2D eigenvalue weighted by molar-refractivity contribution is 6.04. The lowest BCUT2D eigenvalue weighted by Crippen LogP contribution is -2.14. The topological polar surface area (TPSA) is 28.4 Å². The summed E-state index contributed by atoms with van der Waals surface area (Å²) < 4.78 is 6.37. The van der Waals surface area contributed by atoms with E-state index in [0.29, 0.717) is 5.56 Å². The molecule has 3 aromatic carbocycles. The van der Waals surface area contributed by atoms with Gasteiger partial charge >= 0.3 is 11.5 Å². The highest BCUT2D eigenvalue weighted by Crippen LogP contribution is 2.34. The van der Waals surface area contributed by atoms with Crippen molar-refractivity contribution in [2.24, 2.45) is 0 Å². The molecule has 0 spiro atoms. The molecule has 0 aliphatic carbocycles. The summed E-state index contributed by atoms with van der Waals surface area (Å²) in [4.78, 5) is 12.6. The van der Waals surface area contributed by atoms with E-state index in [-0.39, 0.29) is 5.78 Å². The molecule has 0 unspecified atom stereocenters. The van der Waals surface area contributed by atoms with Crippen molar-refractivity contribution < 1.29 is 9.21 Å². The van der Waals surface area contributed by atoms with Gasteiger partial charge in [0.1, 0.15) is 0 Å². The zero-order valence-corrected chi connectivity index (χ0v) is 17.8. The fourth-order valence-electron chi connectivity index (χ4n) is 3.43. The molecule has 2 heteroatoms. The van der Waals surface area contributed by atoms with Crippen LogP contribution in [0.5, 0.6) is 0 Å². The van der Waals surface area contributed by atoms with Crippen LogP contribution in [-0.4, -0.2) is 5.78 Å². The van der Waals surface area contributed by atoms with E-state index >= 15 is 0 Å². The number of hydrogen-bond acceptors (Lipinski definition) is 1. The standard InChI is InChI=1S/C29H25O2/c1-29(2,19-18-26(30)23-14-8-4-9-15-23)28-21-25(22-12-6-3-7-13-22)20-27(31-28)24-16-10-5-11-17-24/h3-21H,1-2H3/q+1. The lowest BCUT2D eigenvalue weighted by atomic mass is 9.87. The Morgan fingerprint density at radius 1 is 0.710 bits per heavy atom. The second-order valence-corrected chi connectivity index (χ2v) is 8.09. The lowest BCUT2D eigenvalue weighted by molar-refractivity contribution is 0.104. The Labute approximate surface area is 183 Å². The highest BCUT2D eigenvalue weighted by Gasteiger charge is 2.32. The fourth-order valence-corrected chi connectivity index (χ4v) is 3.43. The molecule has 1 heterocycles. The van der Waals surface area contributed by atoms with E-state index in [1.807, 2.05) is 84.9 Å². The molecule has 0 atom stereocenters. The minimum Gasteiger partial charge on any atom is -0.289 e. The molecule has 0 amide bonds. The molecule has 0 saturated heterocycles. The van der Waals surface area contributed by atoms with Crippen molar-refractivity contribution in [2.45, 2.75) is 19.3 Å². The van der Waals surface area contributed by atoms with Gasteiger partial charge in [-0.25, -0.2) is 4.42 Å². The summed E-state index contributed by atoms with van der Waals surface area (Å²) in [6.45, 7) is 4.12. The monoisotopic (exact) mass is 405 g/mol. The van der Waals surface area contributed by atoms with Gasteiger partial charge in [0.05, 0.1) is 17.0 Å². The minimum absolute atomic E-state index is 0.0174. The fraction of sp³-hybridized carbons (Fsp3) is 0.103. The molecule has 31 heavy (non-hydrogen) atoms. The Morgan fingerprint density at radius 2 is 1.26 bits per heavy atom. The third-order valence-electron chi connectivity index (χ3n) is 5.30. The third kappa shape index (κ3) is 4.87. The van der Waals surface area contributed by atoms with Crippen LogP contribution in [0.25, 0.3) is 22.5 Å². The number of carbonyl (C=O) groups is 1. The van der Waals surface area contributed by atoms with Crippen LogP contribution < -0.4 is 0 Å². The molecular formula is C29H25O2+. The number of rotatable bonds is 6. The zero-order valence-electron chi connectivity index (χ0n) is 17.8. The van der Waals surface area contributed by atoms with Crippen LogP contribution in [0.2, 0.25) is 0 Å². The summed E-state index contributed by atoms with van der Waals surface area (Å²) in [5.74, 6) is 1.58. The molecule has 0 N–H and O–H groups in total. The van der Waals surface area contributed by atoms with Gasteiger partial charge < -0.3 is 0 Å². The van der Waals surface area contributed by atoms with Crippen molar-refractivity contribution in [1.82, 2.24) is 0 Å². The van der Waals surface area contributed by atoms with Crippen LogP contribution in [0.15, 0.2) is 120 Å². The Bertz CT molecular complexity index is 1130. The van der Waals surface area contributed by atoms with E-state index in [4.69, 9.17) is 4.42 Å². The summed E-state index contributed by atoms with van der Waals surface area (Å²) >= 11 is 0. The summed E-state index contributed by atoms with van der Waals surface area (Å²) in [7, 11) is 0. The molecule has 1 aromatic heterocycles. The van der Waals surface area contributed by atoms with Crippen LogP contribution in [0.3, 0.4) is 0 Å². The number of allylic oxidation sites excluding steroid dienone is 2. The first-order chi connectivity index (χ1) is 15.0. The predicted octanol–water partition coefficient (Wildman–Crippen LogP) is 7.61. The van der Waals surface area contributed by atoms with Crippen molar-refractivity contribution in [2.75, 3.05) is 0 Å². The van der Waals surface area contributed by atoms with Gasteiger partial charge in [0.2, 0.25) is 0 Å². The number of ketones is 1. The molecule has 0 saturated carbocycles. The first-order valence-corrected chi connectivity index (χ1v) is 10.4. The van der Waals surface area contributed by atoms with E-state index in [1.54, 1.807) is 6.08 Å². The first-order valence-electron chi connectivity index (χ1n) is 10.4. The van der Waals surface area contributed by atoms with Crippen LogP contribution in [0.1, 0.15) is 30.0 Å². The quantitative estimate of drug-likeness (QED) is 0.188. The Balaban J connectivity index is 1.75. The smallest absolute Gasteiger partial charge is 0.289 e. The van der Waals surface area contributed by atoms with E-state index in [0.717, 1.165) is 28.2 Å². The second-order valence-electron chi connectivity index (χ2n) is 8.09. The van der Waals surface area contributed by atoms with Gasteiger partial charge in [0.25, 0.3) is 0 Å². The van der Waals surface area contributed by atoms with Crippen LogP contribution in [0.4, 0.5) is 0 Å². The molecule has 4 rings (SSSR count). The van der Waals surface area contributed by atoms with Crippen molar-refractivity contribution in [3.63, 3.8) is 0 Å². The first kappa shape index (κ1) is 20.5. The largest absolute Gasteiger partial charge is 0.360 e. The van der Waals surface area contributed by atoms with Gasteiger partial charge in [-0.15, -0.1) is 0 Å². The summed E-state index contributed by atoms with van der Waals surface area (Å²) in [6.07, 6.45) is 3.56. The van der Waals surface area contributed by atoms with Crippen molar-refractivity contribution in [3.8, 4) is 22.5 Å². The number of benzene rings is 3. The molecular weight excluding hydrogens is 380 g/mol. The summed E-state index contributed by atoms with van der Waals surface area (Å²) in [5, 5.41) is 0. The molecule has 4 aromatic rings. The predicted molar refractivity (Wildman–Crippen MR) is 127 cm³/mol. The Kier molecular flexibility index (Phi) is 5.90. The third-order valence-corrected chi connectivity index (χ3v) is 5.30. The van der Waals surface area contributed by atoms with E-state index in [1.165, 1.54) is 0 Å². The summed E-state index contributed by atoms with van der Waals surface area (Å²) in [6, 6.07) is 33.8. The van der Waals surface area contributed by atoms with Crippen LogP contribution in [0, 0.1) is 0 Å². The van der Waals surface area contributed by atoms with Crippen LogP contribution >= 0.6 is 0 Å². The average molecular weight is 406 g/mol. The Morgan fingerprint density at radius 3 is 1.87 bits per heavy atom. The molecule has 0 aliphatic heterocycles. The normalized spacial score (nSPS) is 11.5. The van der Waals surface area contributed by atoms with Crippen molar-refractivity contribution in [3.05, 3.63) is 127 Å². The van der Waals surface area contributed by atoms with E-state index in [9.17, 15) is 4.79 Å². The van der Waals surface area contributed by atoms with Gasteiger partial charge in [-0.2, -0.15) is 0 Å². The zero-order chi connectivity index (χ0) is 21.7. The van der Waals surface area contributed by atoms with Gasteiger partial charge in [-0.05, 0) is 37.6 Å². The summed E-state index contributed by atoms with van der Waals surface area (Å²) in [5.41, 5.74) is 3.42. The van der Waals surface area contributed by atoms with Crippen molar-refractivity contribution in [1.29, 1.82) is 0 Å². The molecule has 152 valence electrons. The Hall–Kier alpha value is -3.78. The SMILES string of the molecule is CC(C)(C=CC(=O)c1ccccc1)c1cc(-c2ccccc2)cc(-c2ccccc2)[o+]1. The molecule has 0 aliphatic rings. The van der Waals surface area contributed by atoms with Crippen LogP contribution in [-0.2, 0) is 5.41 Å². The lowest BCUT2D eigenvalue weighted by Gasteiger charge is -2.13. The maximum absolute atomic E-state index is 12.6. The van der Waals surface area contributed by atoms with E-state index < -0.39 is 5.41 Å². The minimum atomic E-state index is -0.473. The average Bonchev–Trinajstić information content (AvgIpc) is 2.84. The van der Waals surface area contributed by atoms with Gasteiger partial charge in [-0.1, -0.05) is 84.9 Å². The molecule has 0 radical (unpaired) electrons. The maximum atomic E-state index is 12.6. The highest BCUT2D eigenvalue weighted by atomic mass is 16.3. The second kappa shape index (κ2) is 8.93. The van der Waals surface area contributed by atoms with Gasteiger partial charge in [0, 0.05) is 17.2 Å². The van der Waals surface area contributed by atoms with Gasteiger partial charge in [0.15, 0.2) is 5.78 Å². The van der Waals surface area contributed by atoms with Gasteiger partial charge in [-0.3, -0.25) is 4.79 Å². The maximum Gasteiger partial charge on any atom is 0.360 e. The number of hydrogen-bond donors (Lipinski definition) is 0. The van der Waals surface area contributed by atoms with E-state index in [2.05, 4.69) is 38.1 Å². The molecule has 0 bridgehead atoms. The van der Waals surface area contributed by atoms with Crippen molar-refractivity contribution >= 4 is 5.78 Å². The molecule has 2 nitrogen and oxygen atoms in total.